The van der Waals surface area contributed by atoms with Crippen molar-refractivity contribution in [3.63, 3.8) is 0 Å². The maximum Gasteiger partial charge on any atom is 0.408 e. The van der Waals surface area contributed by atoms with Gasteiger partial charge >= 0.3 is 6.09 Å². The van der Waals surface area contributed by atoms with Gasteiger partial charge in [-0.1, -0.05) is 30.7 Å². The van der Waals surface area contributed by atoms with Crippen LogP contribution in [0.2, 0.25) is 0 Å². The van der Waals surface area contributed by atoms with Gasteiger partial charge in [0.15, 0.2) is 0 Å². The van der Waals surface area contributed by atoms with E-state index in [4.69, 9.17) is 15.2 Å². The number of hydrogen-bond acceptors (Lipinski definition) is 6. The molecule has 4 atom stereocenters. The van der Waals surface area contributed by atoms with Crippen molar-refractivity contribution < 1.29 is 28.7 Å². The second-order valence-corrected chi connectivity index (χ2v) is 11.4. The molecule has 216 valence electrons. The van der Waals surface area contributed by atoms with Crippen molar-refractivity contribution in [1.82, 2.24) is 10.2 Å². The van der Waals surface area contributed by atoms with Crippen molar-refractivity contribution >= 4 is 29.5 Å². The molecular weight excluding hydrogens is 512 g/mol. The van der Waals surface area contributed by atoms with Crippen LogP contribution in [0.5, 0.6) is 5.75 Å². The first-order valence-corrected chi connectivity index (χ1v) is 13.3. The summed E-state index contributed by atoms with van der Waals surface area (Å²) < 4.78 is 10.6. The van der Waals surface area contributed by atoms with Crippen LogP contribution >= 0.6 is 0 Å². The summed E-state index contributed by atoms with van der Waals surface area (Å²) in [6, 6.07) is 9.94. The molecule has 0 saturated heterocycles. The van der Waals surface area contributed by atoms with Gasteiger partial charge in [0, 0.05) is 11.7 Å². The largest absolute Gasteiger partial charge is 0.497 e. The molecule has 0 radical (unpaired) electrons. The minimum Gasteiger partial charge on any atom is -0.497 e. The van der Waals surface area contributed by atoms with Gasteiger partial charge in [-0.25, -0.2) is 4.79 Å². The van der Waals surface area contributed by atoms with E-state index in [1.807, 2.05) is 39.0 Å². The molecule has 2 aromatic carbocycles. The highest BCUT2D eigenvalue weighted by Gasteiger charge is 2.48. The topological polar surface area (TPSA) is 140 Å². The Hall–Kier alpha value is -4.08. The zero-order valence-corrected chi connectivity index (χ0v) is 24.2. The molecule has 40 heavy (non-hydrogen) atoms. The number of alkyl carbamates (subject to hydrolysis) is 1. The summed E-state index contributed by atoms with van der Waals surface area (Å²) in [7, 11) is 1.55. The third kappa shape index (κ3) is 7.97. The maximum atomic E-state index is 14.2. The van der Waals surface area contributed by atoms with Crippen molar-refractivity contribution in [3.8, 4) is 5.75 Å². The number of rotatable bonds is 10. The molecule has 0 aliphatic heterocycles. The van der Waals surface area contributed by atoms with E-state index in [0.717, 1.165) is 11.1 Å². The lowest BCUT2D eigenvalue weighted by atomic mass is 9.95. The van der Waals surface area contributed by atoms with Gasteiger partial charge in [-0.2, -0.15) is 0 Å². The summed E-state index contributed by atoms with van der Waals surface area (Å²) in [5.41, 5.74) is 7.56. The van der Waals surface area contributed by atoms with Crippen LogP contribution in [-0.2, 0) is 19.1 Å². The number of nitrogens with zero attached hydrogens (tertiary/aromatic N) is 1. The number of nitrogens with two attached hydrogens (primary N) is 1. The quantitative estimate of drug-likeness (QED) is 0.407. The Morgan fingerprint density at radius 1 is 1.07 bits per heavy atom. The van der Waals surface area contributed by atoms with E-state index in [2.05, 4.69) is 10.6 Å². The van der Waals surface area contributed by atoms with Gasteiger partial charge in [0.1, 0.15) is 23.4 Å². The van der Waals surface area contributed by atoms with Crippen molar-refractivity contribution in [2.24, 2.45) is 11.7 Å². The van der Waals surface area contributed by atoms with Crippen LogP contribution in [0.1, 0.15) is 63.3 Å². The van der Waals surface area contributed by atoms with Gasteiger partial charge in [-0.05, 0) is 82.3 Å². The molecule has 4 amide bonds. The molecule has 0 bridgehead atoms. The Kier molecular flexibility index (Phi) is 9.44. The number of nitrogens with one attached hydrogen (secondary N) is 2. The molecule has 4 N–H and O–H groups in total. The Bertz CT molecular complexity index is 1250. The second kappa shape index (κ2) is 12.4. The van der Waals surface area contributed by atoms with Crippen LogP contribution < -0.4 is 21.1 Å². The number of primary amides is 1. The van der Waals surface area contributed by atoms with E-state index in [9.17, 15) is 19.2 Å². The van der Waals surface area contributed by atoms with Gasteiger partial charge in [0.2, 0.25) is 11.8 Å². The van der Waals surface area contributed by atoms with Crippen molar-refractivity contribution in [2.75, 3.05) is 12.4 Å². The van der Waals surface area contributed by atoms with E-state index in [1.165, 1.54) is 4.90 Å². The predicted molar refractivity (Wildman–Crippen MR) is 152 cm³/mol. The smallest absolute Gasteiger partial charge is 0.408 e. The standard InChI is InChI=1S/C30H40N4O6/c1-17-8-9-18(2)22(14-17)26(27(36)32-20-10-12-21(39-7)13-11-20)34(24-15-19(24)3)28(37)23(16-25(31)35)33-29(38)40-30(4,5)6/h8-14,19,23-24,26H,15-16H2,1-7H3,(H2,31,35)(H,32,36)(H,33,38). The normalized spacial score (nSPS) is 17.7. The van der Waals surface area contributed by atoms with Crippen LogP contribution in [-0.4, -0.2) is 53.5 Å². The van der Waals surface area contributed by atoms with E-state index >= 15 is 0 Å². The molecule has 0 heterocycles. The second-order valence-electron chi connectivity index (χ2n) is 11.4. The van der Waals surface area contributed by atoms with Crippen LogP contribution in [0.3, 0.4) is 0 Å². The number of benzene rings is 2. The molecule has 1 aliphatic rings. The monoisotopic (exact) mass is 552 g/mol. The third-order valence-corrected chi connectivity index (χ3v) is 6.69. The minimum absolute atomic E-state index is 0.112. The first-order valence-electron chi connectivity index (χ1n) is 13.3. The highest BCUT2D eigenvalue weighted by molar-refractivity contribution is 6.00. The lowest BCUT2D eigenvalue weighted by molar-refractivity contribution is -0.142. The number of carbonyl (C=O) groups is 4. The maximum absolute atomic E-state index is 14.2. The summed E-state index contributed by atoms with van der Waals surface area (Å²) in [6.07, 6.45) is -0.643. The molecule has 0 spiro atoms. The summed E-state index contributed by atoms with van der Waals surface area (Å²) in [4.78, 5) is 54.4. The Morgan fingerprint density at radius 3 is 2.23 bits per heavy atom. The van der Waals surface area contributed by atoms with Crippen LogP contribution in [0.25, 0.3) is 0 Å². The van der Waals surface area contributed by atoms with E-state index < -0.39 is 47.9 Å². The number of amides is 4. The van der Waals surface area contributed by atoms with Crippen LogP contribution in [0.15, 0.2) is 42.5 Å². The number of ether oxygens (including phenoxy) is 2. The summed E-state index contributed by atoms with van der Waals surface area (Å²) >= 11 is 0. The number of methoxy groups -OCH3 is 1. The highest BCUT2D eigenvalue weighted by atomic mass is 16.6. The zero-order chi connectivity index (χ0) is 29.8. The van der Waals surface area contributed by atoms with Gasteiger partial charge < -0.3 is 30.7 Å². The molecule has 1 fully saturated rings. The predicted octanol–water partition coefficient (Wildman–Crippen LogP) is 4.00. The lowest BCUT2D eigenvalue weighted by Crippen LogP contribution is -2.54. The number of carbonyl (C=O) groups excluding carboxylic acids is 4. The lowest BCUT2D eigenvalue weighted by Gasteiger charge is -2.35. The van der Waals surface area contributed by atoms with Gasteiger partial charge in [0.05, 0.1) is 13.5 Å². The third-order valence-electron chi connectivity index (χ3n) is 6.69. The average molecular weight is 553 g/mol. The zero-order valence-electron chi connectivity index (χ0n) is 24.2. The van der Waals surface area contributed by atoms with E-state index in [-0.39, 0.29) is 12.0 Å². The van der Waals surface area contributed by atoms with Crippen molar-refractivity contribution in [1.29, 1.82) is 0 Å². The number of aryl methyl sites for hydroxylation is 2. The van der Waals surface area contributed by atoms with Gasteiger partial charge in [0.25, 0.3) is 5.91 Å². The first-order chi connectivity index (χ1) is 18.7. The molecule has 10 heteroatoms. The first kappa shape index (κ1) is 30.5. The fourth-order valence-electron chi connectivity index (χ4n) is 4.56. The molecule has 3 rings (SSSR count). The Labute approximate surface area is 235 Å². The molecule has 1 aliphatic carbocycles. The van der Waals surface area contributed by atoms with Crippen LogP contribution in [0, 0.1) is 19.8 Å². The highest BCUT2D eigenvalue weighted by Crippen LogP contribution is 2.42. The number of hydrogen-bond donors (Lipinski definition) is 3. The fourth-order valence-corrected chi connectivity index (χ4v) is 4.56. The summed E-state index contributed by atoms with van der Waals surface area (Å²) in [5, 5.41) is 5.45. The Morgan fingerprint density at radius 2 is 1.70 bits per heavy atom. The molecule has 1 saturated carbocycles. The average Bonchev–Trinajstić information content (AvgIpc) is 3.57. The molecule has 0 aromatic heterocycles. The van der Waals surface area contributed by atoms with Crippen molar-refractivity contribution in [3.05, 3.63) is 59.2 Å². The molecule has 2 aromatic rings. The van der Waals surface area contributed by atoms with Gasteiger partial charge in [-0.15, -0.1) is 0 Å². The molecule has 4 unspecified atom stereocenters. The fraction of sp³-hybridized carbons (Fsp3) is 0.467. The molecular formula is C30H40N4O6. The Balaban J connectivity index is 2.06. The SMILES string of the molecule is COc1ccc(NC(=O)C(c2cc(C)ccc2C)N(C(=O)C(CC(N)=O)NC(=O)OC(C)(C)C)C2CC2C)cc1. The minimum atomic E-state index is -1.32. The summed E-state index contributed by atoms with van der Waals surface area (Å²) in [5.74, 6) is -1.04. The molecule has 10 nitrogen and oxygen atoms in total. The van der Waals surface area contributed by atoms with E-state index in [1.54, 1.807) is 52.1 Å². The van der Waals surface area contributed by atoms with E-state index in [0.29, 0.717) is 23.4 Å². The number of anilines is 1. The van der Waals surface area contributed by atoms with Crippen LogP contribution in [0.4, 0.5) is 10.5 Å². The van der Waals surface area contributed by atoms with Crippen molar-refractivity contribution in [2.45, 2.75) is 78.1 Å². The summed E-state index contributed by atoms with van der Waals surface area (Å²) in [6.45, 7) is 10.8. The van der Waals surface area contributed by atoms with Gasteiger partial charge in [-0.3, -0.25) is 14.4 Å².